The van der Waals surface area contributed by atoms with Gasteiger partial charge in [-0.25, -0.2) is 0 Å². The van der Waals surface area contributed by atoms with Crippen LogP contribution < -0.4 is 15.5 Å². The van der Waals surface area contributed by atoms with E-state index in [2.05, 4.69) is 15.6 Å². The van der Waals surface area contributed by atoms with E-state index in [4.69, 9.17) is 0 Å². The van der Waals surface area contributed by atoms with Crippen molar-refractivity contribution in [1.82, 2.24) is 15.6 Å². The molecular formula is C13H15N3O2S. The number of H-pyrrole nitrogens is 1. The van der Waals surface area contributed by atoms with Gasteiger partial charge in [-0.3, -0.25) is 9.59 Å². The van der Waals surface area contributed by atoms with Crippen LogP contribution in [0.1, 0.15) is 21.6 Å². The van der Waals surface area contributed by atoms with Gasteiger partial charge in [0.25, 0.3) is 5.91 Å². The smallest absolute Gasteiger partial charge is 0.304 e. The number of aromatic amines is 1. The fraction of sp³-hybridized carbons (Fsp3) is 0.231. The van der Waals surface area contributed by atoms with Crippen LogP contribution in [0, 0.1) is 0 Å². The average molecular weight is 277 g/mol. The minimum Gasteiger partial charge on any atom is -0.355 e. The fourth-order valence-corrected chi connectivity index (χ4v) is 2.24. The third kappa shape index (κ3) is 3.77. The number of nitrogens with one attached hydrogen (secondary N) is 3. The number of benzene rings is 1. The zero-order valence-corrected chi connectivity index (χ0v) is 11.3. The van der Waals surface area contributed by atoms with Gasteiger partial charge < -0.3 is 15.6 Å². The van der Waals surface area contributed by atoms with Crippen LogP contribution in [-0.4, -0.2) is 17.9 Å². The highest BCUT2D eigenvalue weighted by molar-refractivity contribution is 7.07. The number of amides is 1. The van der Waals surface area contributed by atoms with Crippen molar-refractivity contribution in [2.24, 2.45) is 0 Å². The summed E-state index contributed by atoms with van der Waals surface area (Å²) in [6.07, 6.45) is 0. The average Bonchev–Trinajstić information content (AvgIpc) is 2.84. The van der Waals surface area contributed by atoms with E-state index in [9.17, 15) is 9.59 Å². The summed E-state index contributed by atoms with van der Waals surface area (Å²) in [5.74, 6) is -0.0876. The summed E-state index contributed by atoms with van der Waals surface area (Å²) >= 11 is 1.16. The highest BCUT2D eigenvalue weighted by Crippen LogP contribution is 2.04. The van der Waals surface area contributed by atoms with Gasteiger partial charge in [0.2, 0.25) is 0 Å². The normalized spacial score (nSPS) is 10.4. The molecule has 0 saturated heterocycles. The Morgan fingerprint density at radius 3 is 2.58 bits per heavy atom. The predicted octanol–water partition coefficient (Wildman–Crippen LogP) is 1.09. The number of hydrogen-bond donors (Lipinski definition) is 3. The minimum absolute atomic E-state index is 0.0354. The fourth-order valence-electron chi connectivity index (χ4n) is 1.66. The Hall–Kier alpha value is -1.92. The molecule has 0 spiro atoms. The zero-order valence-electron chi connectivity index (χ0n) is 10.5. The summed E-state index contributed by atoms with van der Waals surface area (Å²) in [4.78, 5) is 25.0. The Labute approximate surface area is 114 Å². The van der Waals surface area contributed by atoms with E-state index in [-0.39, 0.29) is 10.8 Å². The lowest BCUT2D eigenvalue weighted by molar-refractivity contribution is 0.0963. The number of thiazole rings is 1. The van der Waals surface area contributed by atoms with Gasteiger partial charge in [0.1, 0.15) is 0 Å². The molecule has 0 atom stereocenters. The topological polar surface area (TPSA) is 74.0 Å². The second kappa shape index (κ2) is 6.31. The van der Waals surface area contributed by atoms with Crippen molar-refractivity contribution in [2.45, 2.75) is 13.1 Å². The molecule has 6 heteroatoms. The molecule has 0 aliphatic carbocycles. The Balaban J connectivity index is 1.86. The maximum absolute atomic E-state index is 11.4. The molecule has 1 aromatic heterocycles. The van der Waals surface area contributed by atoms with Crippen LogP contribution in [0.4, 0.5) is 0 Å². The third-order valence-electron chi connectivity index (χ3n) is 2.66. The maximum atomic E-state index is 11.4. The van der Waals surface area contributed by atoms with Crippen molar-refractivity contribution >= 4 is 17.2 Å². The Bertz CT molecular complexity index is 601. The molecule has 1 aromatic carbocycles. The number of rotatable bonds is 5. The van der Waals surface area contributed by atoms with Crippen LogP contribution >= 0.6 is 11.3 Å². The van der Waals surface area contributed by atoms with Gasteiger partial charge in [0, 0.05) is 36.8 Å². The third-order valence-corrected chi connectivity index (χ3v) is 3.38. The zero-order chi connectivity index (χ0) is 13.7. The molecule has 5 nitrogen and oxygen atoms in total. The van der Waals surface area contributed by atoms with Crippen LogP contribution in [0.25, 0.3) is 0 Å². The van der Waals surface area contributed by atoms with Crippen LogP contribution in [0.15, 0.2) is 34.4 Å². The molecule has 0 radical (unpaired) electrons. The van der Waals surface area contributed by atoms with E-state index in [1.807, 2.05) is 17.5 Å². The minimum atomic E-state index is -0.0876. The van der Waals surface area contributed by atoms with Crippen LogP contribution in [0.2, 0.25) is 0 Å². The molecule has 2 rings (SSSR count). The monoisotopic (exact) mass is 277 g/mol. The van der Waals surface area contributed by atoms with E-state index in [0.717, 1.165) is 22.6 Å². The number of aromatic nitrogens is 1. The van der Waals surface area contributed by atoms with E-state index >= 15 is 0 Å². The summed E-state index contributed by atoms with van der Waals surface area (Å²) in [6, 6.07) is 7.41. The molecular weight excluding hydrogens is 262 g/mol. The molecule has 0 unspecified atom stereocenters. The summed E-state index contributed by atoms with van der Waals surface area (Å²) < 4.78 is 0. The van der Waals surface area contributed by atoms with Crippen molar-refractivity contribution in [3.63, 3.8) is 0 Å². The molecule has 0 fully saturated rings. The highest BCUT2D eigenvalue weighted by atomic mass is 32.1. The quantitative estimate of drug-likeness (QED) is 0.766. The molecule has 100 valence electrons. The molecule has 2 aromatic rings. The van der Waals surface area contributed by atoms with Crippen molar-refractivity contribution in [1.29, 1.82) is 0 Å². The predicted molar refractivity (Wildman–Crippen MR) is 75.3 cm³/mol. The molecule has 0 aliphatic rings. The summed E-state index contributed by atoms with van der Waals surface area (Å²) in [5, 5.41) is 7.62. The Morgan fingerprint density at radius 1 is 1.26 bits per heavy atom. The van der Waals surface area contributed by atoms with Crippen molar-refractivity contribution < 1.29 is 4.79 Å². The number of carbonyl (C=O) groups excluding carboxylic acids is 1. The second-order valence-corrected chi connectivity index (χ2v) is 4.90. The van der Waals surface area contributed by atoms with Crippen molar-refractivity contribution in [2.75, 3.05) is 7.05 Å². The van der Waals surface area contributed by atoms with Gasteiger partial charge >= 0.3 is 4.87 Å². The Kier molecular flexibility index (Phi) is 4.48. The van der Waals surface area contributed by atoms with Crippen molar-refractivity contribution in [3.05, 3.63) is 56.1 Å². The summed E-state index contributed by atoms with van der Waals surface area (Å²) in [7, 11) is 1.61. The Morgan fingerprint density at radius 2 is 2.00 bits per heavy atom. The van der Waals surface area contributed by atoms with Gasteiger partial charge in [0.15, 0.2) is 0 Å². The largest absolute Gasteiger partial charge is 0.355 e. The van der Waals surface area contributed by atoms with Gasteiger partial charge in [-0.1, -0.05) is 23.5 Å². The lowest BCUT2D eigenvalue weighted by Crippen LogP contribution is -2.18. The van der Waals surface area contributed by atoms with Crippen molar-refractivity contribution in [3.8, 4) is 0 Å². The van der Waals surface area contributed by atoms with E-state index < -0.39 is 0 Å². The first-order chi connectivity index (χ1) is 9.19. The second-order valence-electron chi connectivity index (χ2n) is 4.05. The molecule has 0 saturated carbocycles. The standard InChI is InChI=1S/C13H15N3O2S/c1-14-12(17)10-4-2-9(3-5-10)6-15-7-11-8-19-13(18)16-11/h2-5,8,15H,6-7H2,1H3,(H,14,17)(H,16,18). The van der Waals surface area contributed by atoms with Crippen LogP contribution in [0.5, 0.6) is 0 Å². The molecule has 0 bridgehead atoms. The molecule has 1 amide bonds. The van der Waals surface area contributed by atoms with E-state index in [0.29, 0.717) is 18.7 Å². The van der Waals surface area contributed by atoms with Crippen LogP contribution in [0.3, 0.4) is 0 Å². The summed E-state index contributed by atoms with van der Waals surface area (Å²) in [5.41, 5.74) is 2.62. The first-order valence-corrected chi connectivity index (χ1v) is 6.75. The first-order valence-electron chi connectivity index (χ1n) is 5.87. The number of hydrogen-bond acceptors (Lipinski definition) is 4. The molecule has 3 N–H and O–H groups in total. The lowest BCUT2D eigenvalue weighted by atomic mass is 10.1. The van der Waals surface area contributed by atoms with E-state index in [1.165, 1.54) is 0 Å². The van der Waals surface area contributed by atoms with E-state index in [1.54, 1.807) is 19.2 Å². The maximum Gasteiger partial charge on any atom is 0.304 e. The van der Waals surface area contributed by atoms with Gasteiger partial charge in [-0.05, 0) is 17.7 Å². The molecule has 1 heterocycles. The summed E-state index contributed by atoms with van der Waals surface area (Å²) in [6.45, 7) is 1.31. The highest BCUT2D eigenvalue weighted by Gasteiger charge is 2.02. The van der Waals surface area contributed by atoms with Gasteiger partial charge in [-0.15, -0.1) is 0 Å². The molecule has 19 heavy (non-hydrogen) atoms. The number of carbonyl (C=O) groups is 1. The SMILES string of the molecule is CNC(=O)c1ccc(CNCc2csc(=O)[nH]2)cc1. The van der Waals surface area contributed by atoms with Crippen LogP contribution in [-0.2, 0) is 13.1 Å². The van der Waals surface area contributed by atoms with Gasteiger partial charge in [0.05, 0.1) is 0 Å². The van der Waals surface area contributed by atoms with Gasteiger partial charge in [-0.2, -0.15) is 0 Å². The lowest BCUT2D eigenvalue weighted by Gasteiger charge is -2.05. The molecule has 0 aliphatic heterocycles. The first kappa shape index (κ1) is 13.5.